The molecule has 0 unspecified atom stereocenters. The number of esters is 4. The van der Waals surface area contributed by atoms with Crippen LogP contribution in [0.15, 0.2) is 0 Å². The molecular weight excluding hydrogens is 260 g/mol. The summed E-state index contributed by atoms with van der Waals surface area (Å²) in [5, 5.41) is 0. The molecule has 0 rings (SSSR count). The summed E-state index contributed by atoms with van der Waals surface area (Å²) in [7, 11) is 4.27. The summed E-state index contributed by atoms with van der Waals surface area (Å²) in [4.78, 5) is 46.0. The number of carbonyl (C=O) groups is 4. The van der Waals surface area contributed by atoms with Gasteiger partial charge in [-0.1, -0.05) is 0 Å². The lowest BCUT2D eigenvalue weighted by Gasteiger charge is -2.20. The largest absolute Gasteiger partial charge is 0.469 e. The van der Waals surface area contributed by atoms with Crippen LogP contribution in [0.1, 0.15) is 6.42 Å². The van der Waals surface area contributed by atoms with Crippen molar-refractivity contribution in [2.24, 2.45) is 11.8 Å². The molecule has 0 aliphatic heterocycles. The molecule has 0 spiro atoms. The van der Waals surface area contributed by atoms with Gasteiger partial charge < -0.3 is 18.9 Å². The molecule has 0 amide bonds. The van der Waals surface area contributed by atoms with Crippen molar-refractivity contribution in [1.29, 1.82) is 0 Å². The summed E-state index contributed by atoms with van der Waals surface area (Å²) < 4.78 is 17.7. The van der Waals surface area contributed by atoms with Gasteiger partial charge in [-0.2, -0.15) is 0 Å². The first-order chi connectivity index (χ1) is 8.92. The molecule has 0 radical (unpaired) electrons. The van der Waals surface area contributed by atoms with E-state index in [0.717, 1.165) is 28.4 Å². The normalized spacial score (nSPS) is 11.4. The van der Waals surface area contributed by atoms with Crippen molar-refractivity contribution >= 4 is 23.9 Å². The predicted molar refractivity (Wildman–Crippen MR) is 59.7 cm³/mol. The van der Waals surface area contributed by atoms with Crippen LogP contribution in [-0.2, 0) is 38.1 Å². The van der Waals surface area contributed by atoms with Gasteiger partial charge in [0.1, 0.15) is 0 Å². The van der Waals surface area contributed by atoms with Crippen LogP contribution >= 0.6 is 0 Å². The minimum atomic E-state index is -1.58. The first kappa shape index (κ1) is 16.9. The minimum Gasteiger partial charge on any atom is -0.469 e. The van der Waals surface area contributed by atoms with Gasteiger partial charge in [-0.25, -0.2) is 0 Å². The van der Waals surface area contributed by atoms with Gasteiger partial charge in [0.2, 0.25) is 0 Å². The Morgan fingerprint density at radius 3 is 1.47 bits per heavy atom. The Morgan fingerprint density at radius 1 is 0.737 bits per heavy atom. The maximum atomic E-state index is 11.6. The molecule has 0 saturated carbocycles. The molecule has 0 aromatic rings. The van der Waals surface area contributed by atoms with Crippen LogP contribution in [0.4, 0.5) is 0 Å². The summed E-state index contributed by atoms with van der Waals surface area (Å²) in [5.41, 5.74) is 0. The molecule has 8 heteroatoms. The molecule has 0 fully saturated rings. The standard InChI is InChI=1S/C11H16O8/c1-16-7(12)5-6(9(13)17-2)8(10(14)18-3)11(15)19-4/h6,8H,5H2,1-4H3/t6-/m0/s1. The van der Waals surface area contributed by atoms with Crippen LogP contribution in [0.25, 0.3) is 0 Å². The van der Waals surface area contributed by atoms with Gasteiger partial charge in [-0.05, 0) is 0 Å². The molecule has 0 aliphatic carbocycles. The number of hydrogen-bond acceptors (Lipinski definition) is 8. The molecule has 108 valence electrons. The number of hydrogen-bond donors (Lipinski definition) is 0. The molecule has 0 aromatic heterocycles. The lowest BCUT2D eigenvalue weighted by molar-refractivity contribution is -0.170. The average Bonchev–Trinajstić information content (AvgIpc) is 2.44. The van der Waals surface area contributed by atoms with Gasteiger partial charge in [0, 0.05) is 0 Å². The van der Waals surface area contributed by atoms with Gasteiger partial charge in [-0.15, -0.1) is 0 Å². The number of carbonyl (C=O) groups excluding carboxylic acids is 4. The maximum Gasteiger partial charge on any atom is 0.320 e. The smallest absolute Gasteiger partial charge is 0.320 e. The predicted octanol–water partition coefficient (Wildman–Crippen LogP) is -0.699. The van der Waals surface area contributed by atoms with Crippen molar-refractivity contribution in [3.63, 3.8) is 0 Å². The molecule has 0 bridgehead atoms. The monoisotopic (exact) mass is 276 g/mol. The van der Waals surface area contributed by atoms with Gasteiger partial charge in [0.05, 0.1) is 40.8 Å². The Labute approximate surface area is 109 Å². The van der Waals surface area contributed by atoms with Gasteiger partial charge >= 0.3 is 23.9 Å². The van der Waals surface area contributed by atoms with Crippen molar-refractivity contribution in [1.82, 2.24) is 0 Å². The molecule has 0 aromatic carbocycles. The second-order valence-corrected chi connectivity index (χ2v) is 3.43. The van der Waals surface area contributed by atoms with E-state index in [4.69, 9.17) is 0 Å². The second-order valence-electron chi connectivity index (χ2n) is 3.43. The van der Waals surface area contributed by atoms with E-state index in [-0.39, 0.29) is 0 Å². The van der Waals surface area contributed by atoms with Gasteiger partial charge in [0.15, 0.2) is 5.92 Å². The first-order valence-corrected chi connectivity index (χ1v) is 5.23. The quantitative estimate of drug-likeness (QED) is 0.356. The lowest BCUT2D eigenvalue weighted by Crippen LogP contribution is -2.39. The SMILES string of the molecule is COC(=O)C[C@H](C(=O)OC)C(C(=O)OC)C(=O)OC. The molecule has 8 nitrogen and oxygen atoms in total. The maximum absolute atomic E-state index is 11.6. The summed E-state index contributed by atoms with van der Waals surface area (Å²) in [5.74, 6) is -6.62. The van der Waals surface area contributed by atoms with E-state index in [9.17, 15) is 19.2 Å². The van der Waals surface area contributed by atoms with E-state index in [0.29, 0.717) is 0 Å². The average molecular weight is 276 g/mol. The van der Waals surface area contributed by atoms with Crippen molar-refractivity contribution in [3.8, 4) is 0 Å². The Hall–Kier alpha value is -2.12. The highest BCUT2D eigenvalue weighted by Crippen LogP contribution is 2.21. The van der Waals surface area contributed by atoms with Crippen LogP contribution in [0, 0.1) is 11.8 Å². The van der Waals surface area contributed by atoms with Gasteiger partial charge in [-0.3, -0.25) is 19.2 Å². The molecule has 0 N–H and O–H groups in total. The second kappa shape index (κ2) is 8.06. The lowest BCUT2D eigenvalue weighted by atomic mass is 9.89. The van der Waals surface area contributed by atoms with Crippen molar-refractivity contribution < 1.29 is 38.1 Å². The summed E-state index contributed by atoms with van der Waals surface area (Å²) in [6, 6.07) is 0. The van der Waals surface area contributed by atoms with Crippen LogP contribution in [0.2, 0.25) is 0 Å². The minimum absolute atomic E-state index is 0.502. The van der Waals surface area contributed by atoms with E-state index in [1.165, 1.54) is 0 Å². The first-order valence-electron chi connectivity index (χ1n) is 5.23. The van der Waals surface area contributed by atoms with Crippen LogP contribution in [-0.4, -0.2) is 52.3 Å². The van der Waals surface area contributed by atoms with E-state index in [1.54, 1.807) is 0 Å². The number of ether oxygens (including phenoxy) is 4. The topological polar surface area (TPSA) is 105 Å². The Morgan fingerprint density at radius 2 is 1.16 bits per heavy atom. The van der Waals surface area contributed by atoms with Crippen LogP contribution < -0.4 is 0 Å². The Balaban J connectivity index is 5.34. The molecule has 0 saturated heterocycles. The zero-order chi connectivity index (χ0) is 15.0. The molecule has 0 aliphatic rings. The fourth-order valence-electron chi connectivity index (χ4n) is 1.43. The third-order valence-electron chi connectivity index (χ3n) is 2.43. The van der Waals surface area contributed by atoms with Crippen molar-refractivity contribution in [2.75, 3.05) is 28.4 Å². The fourth-order valence-corrected chi connectivity index (χ4v) is 1.43. The molecule has 19 heavy (non-hydrogen) atoms. The summed E-state index contributed by atoms with van der Waals surface area (Å²) in [6.07, 6.45) is -0.502. The van der Waals surface area contributed by atoms with Crippen molar-refractivity contribution in [2.45, 2.75) is 6.42 Å². The summed E-state index contributed by atoms with van der Waals surface area (Å²) >= 11 is 0. The van der Waals surface area contributed by atoms with E-state index < -0.39 is 42.1 Å². The highest BCUT2D eigenvalue weighted by Gasteiger charge is 2.43. The highest BCUT2D eigenvalue weighted by atomic mass is 16.5. The van der Waals surface area contributed by atoms with E-state index in [1.807, 2.05) is 0 Å². The number of rotatable bonds is 6. The third-order valence-corrected chi connectivity index (χ3v) is 2.43. The highest BCUT2D eigenvalue weighted by molar-refractivity contribution is 6.00. The van der Waals surface area contributed by atoms with Crippen LogP contribution in [0.5, 0.6) is 0 Å². The zero-order valence-electron chi connectivity index (χ0n) is 11.1. The van der Waals surface area contributed by atoms with Gasteiger partial charge in [0.25, 0.3) is 0 Å². The molecule has 1 atom stereocenters. The molecule has 0 heterocycles. The van der Waals surface area contributed by atoms with E-state index in [2.05, 4.69) is 18.9 Å². The van der Waals surface area contributed by atoms with E-state index >= 15 is 0 Å². The third kappa shape index (κ3) is 4.57. The fraction of sp³-hybridized carbons (Fsp3) is 0.636. The Kier molecular flexibility index (Phi) is 7.16. The number of methoxy groups -OCH3 is 4. The van der Waals surface area contributed by atoms with Crippen molar-refractivity contribution in [3.05, 3.63) is 0 Å². The molecular formula is C11H16O8. The van der Waals surface area contributed by atoms with Crippen LogP contribution in [0.3, 0.4) is 0 Å². The zero-order valence-corrected chi connectivity index (χ0v) is 11.1. The summed E-state index contributed by atoms with van der Waals surface area (Å²) in [6.45, 7) is 0. The Bertz CT molecular complexity index is 346.